The highest BCUT2D eigenvalue weighted by Gasteiger charge is 2.37. The van der Waals surface area contributed by atoms with Gasteiger partial charge < -0.3 is 25.6 Å². The van der Waals surface area contributed by atoms with E-state index in [2.05, 4.69) is 15.6 Å². The van der Waals surface area contributed by atoms with Crippen LogP contribution in [0.3, 0.4) is 0 Å². The number of nitrogens with one attached hydrogen (secondary N) is 2. The lowest BCUT2D eigenvalue weighted by Gasteiger charge is -2.40. The molecule has 1 aliphatic rings. The van der Waals surface area contributed by atoms with Crippen LogP contribution in [-0.4, -0.2) is 59.0 Å². The zero-order valence-electron chi connectivity index (χ0n) is 15.2. The minimum atomic E-state index is -1.71. The van der Waals surface area contributed by atoms with Gasteiger partial charge in [0, 0.05) is 12.6 Å². The van der Waals surface area contributed by atoms with Crippen molar-refractivity contribution in [3.05, 3.63) is 23.9 Å². The zero-order chi connectivity index (χ0) is 20.1. The lowest BCUT2D eigenvalue weighted by molar-refractivity contribution is -0.127. The van der Waals surface area contributed by atoms with Crippen LogP contribution < -0.4 is 15.5 Å². The van der Waals surface area contributed by atoms with Gasteiger partial charge in [-0.25, -0.2) is 13.8 Å². The first-order valence-electron chi connectivity index (χ1n) is 8.70. The van der Waals surface area contributed by atoms with Crippen molar-refractivity contribution in [2.45, 2.75) is 38.7 Å². The van der Waals surface area contributed by atoms with Crippen molar-refractivity contribution in [3.8, 4) is 0 Å². The summed E-state index contributed by atoms with van der Waals surface area (Å²) in [6.07, 6.45) is 1.68. The van der Waals surface area contributed by atoms with Gasteiger partial charge in [0.05, 0.1) is 18.7 Å². The number of hydrogen-bond acceptors (Lipinski definition) is 6. The van der Waals surface area contributed by atoms with Crippen LogP contribution in [0.5, 0.6) is 0 Å². The molecule has 2 heterocycles. The van der Waals surface area contributed by atoms with Gasteiger partial charge in [-0.2, -0.15) is 0 Å². The monoisotopic (exact) mass is 384 g/mol. The molecule has 1 saturated heterocycles. The number of rotatable bonds is 8. The molecular formula is C16H23BF2N4O4. The summed E-state index contributed by atoms with van der Waals surface area (Å²) in [5, 5.41) is 23.5. The normalized spacial score (nSPS) is 17.3. The summed E-state index contributed by atoms with van der Waals surface area (Å²) in [6, 6.07) is -0.0156. The number of hydrogen-bond donors (Lipinski definition) is 4. The summed E-state index contributed by atoms with van der Waals surface area (Å²) in [5.41, 5.74) is 0. The van der Waals surface area contributed by atoms with E-state index in [0.717, 1.165) is 6.20 Å². The van der Waals surface area contributed by atoms with Crippen LogP contribution in [-0.2, 0) is 9.59 Å². The number of halogens is 2. The Morgan fingerprint density at radius 3 is 2.63 bits per heavy atom. The molecule has 2 atom stereocenters. The molecule has 1 aliphatic heterocycles. The predicted octanol–water partition coefficient (Wildman–Crippen LogP) is -0.402. The first kappa shape index (κ1) is 21.0. The molecule has 4 N–H and O–H groups in total. The lowest BCUT2D eigenvalue weighted by atomic mass is 9.75. The van der Waals surface area contributed by atoms with Crippen molar-refractivity contribution in [3.63, 3.8) is 0 Å². The molecule has 148 valence electrons. The standard InChI is InChI=1S/C16H23BF2N4O4/c1-9(2)5-13(17(26)27)22-14(24)8-21-16(25)12-3-4-23(12)15-11(19)6-10(18)7-20-15/h6-7,9,12-13,26-27H,3-5,8H2,1-2H3,(H,21,25)(H,22,24)/t12-,13+/m0/s1. The van der Waals surface area contributed by atoms with Crippen molar-refractivity contribution >= 4 is 24.8 Å². The Bertz CT molecular complexity index is 692. The molecule has 0 spiro atoms. The Labute approximate surface area is 156 Å². The van der Waals surface area contributed by atoms with Gasteiger partial charge in [-0.3, -0.25) is 9.59 Å². The molecule has 0 aromatic carbocycles. The molecule has 2 amide bonds. The van der Waals surface area contributed by atoms with E-state index in [1.165, 1.54) is 4.90 Å². The van der Waals surface area contributed by atoms with Crippen molar-refractivity contribution in [2.75, 3.05) is 18.0 Å². The van der Waals surface area contributed by atoms with Crippen molar-refractivity contribution in [1.29, 1.82) is 0 Å². The summed E-state index contributed by atoms with van der Waals surface area (Å²) < 4.78 is 26.8. The molecule has 8 nitrogen and oxygen atoms in total. The van der Waals surface area contributed by atoms with Crippen molar-refractivity contribution in [1.82, 2.24) is 15.6 Å². The zero-order valence-corrected chi connectivity index (χ0v) is 15.2. The summed E-state index contributed by atoms with van der Waals surface area (Å²) in [4.78, 5) is 29.2. The van der Waals surface area contributed by atoms with Gasteiger partial charge in [-0.1, -0.05) is 13.8 Å². The highest BCUT2D eigenvalue weighted by molar-refractivity contribution is 6.43. The molecule has 1 aromatic rings. The average molecular weight is 384 g/mol. The van der Waals surface area contributed by atoms with E-state index in [1.54, 1.807) is 0 Å². The third-order valence-electron chi connectivity index (χ3n) is 4.24. The second-order valence-electron chi connectivity index (χ2n) is 6.89. The van der Waals surface area contributed by atoms with E-state index >= 15 is 0 Å². The second kappa shape index (κ2) is 9.09. The topological polar surface area (TPSA) is 115 Å². The van der Waals surface area contributed by atoms with Gasteiger partial charge in [-0.15, -0.1) is 0 Å². The minimum absolute atomic E-state index is 0.118. The fourth-order valence-electron chi connectivity index (χ4n) is 2.84. The molecule has 2 rings (SSSR count). The summed E-state index contributed by atoms with van der Waals surface area (Å²) >= 11 is 0. The number of amides is 2. The fourth-order valence-corrected chi connectivity index (χ4v) is 2.84. The van der Waals surface area contributed by atoms with Crippen LogP contribution >= 0.6 is 0 Å². The molecule has 0 radical (unpaired) electrons. The van der Waals surface area contributed by atoms with Gasteiger partial charge in [0.15, 0.2) is 11.6 Å². The maximum absolute atomic E-state index is 13.8. The van der Waals surface area contributed by atoms with Gasteiger partial charge in [0.2, 0.25) is 11.8 Å². The van der Waals surface area contributed by atoms with E-state index in [0.29, 0.717) is 25.5 Å². The molecule has 27 heavy (non-hydrogen) atoms. The average Bonchev–Trinajstić information content (AvgIpc) is 2.53. The highest BCUT2D eigenvalue weighted by Crippen LogP contribution is 2.27. The van der Waals surface area contributed by atoms with Gasteiger partial charge in [0.25, 0.3) is 0 Å². The van der Waals surface area contributed by atoms with E-state index in [4.69, 9.17) is 0 Å². The number of carbonyl (C=O) groups is 2. The molecule has 11 heteroatoms. The minimum Gasteiger partial charge on any atom is -0.426 e. The third-order valence-corrected chi connectivity index (χ3v) is 4.24. The number of nitrogens with zero attached hydrogens (tertiary/aromatic N) is 2. The van der Waals surface area contributed by atoms with Gasteiger partial charge >= 0.3 is 7.12 Å². The number of anilines is 1. The van der Waals surface area contributed by atoms with Crippen LogP contribution in [0.4, 0.5) is 14.6 Å². The van der Waals surface area contributed by atoms with Crippen molar-refractivity contribution in [2.24, 2.45) is 5.92 Å². The van der Waals surface area contributed by atoms with Crippen LogP contribution in [0.25, 0.3) is 0 Å². The van der Waals surface area contributed by atoms with Crippen molar-refractivity contribution < 1.29 is 28.4 Å². The van der Waals surface area contributed by atoms with Gasteiger partial charge in [0.1, 0.15) is 11.9 Å². The number of pyridine rings is 1. The number of carbonyl (C=O) groups excluding carboxylic acids is 2. The second-order valence-corrected chi connectivity index (χ2v) is 6.89. The van der Waals surface area contributed by atoms with Gasteiger partial charge in [-0.05, 0) is 18.8 Å². The Balaban J connectivity index is 1.87. The first-order chi connectivity index (χ1) is 12.7. The first-order valence-corrected chi connectivity index (χ1v) is 8.70. The van der Waals surface area contributed by atoms with Crippen LogP contribution in [0.1, 0.15) is 26.7 Å². The Morgan fingerprint density at radius 2 is 2.11 bits per heavy atom. The highest BCUT2D eigenvalue weighted by atomic mass is 19.1. The Hall–Kier alpha value is -2.27. The molecular weight excluding hydrogens is 361 g/mol. The smallest absolute Gasteiger partial charge is 0.426 e. The fraction of sp³-hybridized carbons (Fsp3) is 0.562. The van der Waals surface area contributed by atoms with Crippen LogP contribution in [0.15, 0.2) is 12.3 Å². The maximum Gasteiger partial charge on any atom is 0.475 e. The van der Waals surface area contributed by atoms with E-state index in [1.807, 2.05) is 13.8 Å². The molecule has 0 unspecified atom stereocenters. The maximum atomic E-state index is 13.8. The van der Waals surface area contributed by atoms with Crippen LogP contribution in [0, 0.1) is 17.6 Å². The quantitative estimate of drug-likeness (QED) is 0.454. The van der Waals surface area contributed by atoms with E-state index < -0.39 is 42.6 Å². The molecule has 0 saturated carbocycles. The van der Waals surface area contributed by atoms with E-state index in [-0.39, 0.29) is 18.3 Å². The third kappa shape index (κ3) is 5.60. The van der Waals surface area contributed by atoms with Crippen LogP contribution in [0.2, 0.25) is 0 Å². The summed E-state index contributed by atoms with van der Waals surface area (Å²) in [5.74, 6) is -3.56. The largest absolute Gasteiger partial charge is 0.475 e. The summed E-state index contributed by atoms with van der Waals surface area (Å²) in [7, 11) is -1.71. The predicted molar refractivity (Wildman–Crippen MR) is 94.5 cm³/mol. The summed E-state index contributed by atoms with van der Waals surface area (Å²) in [6.45, 7) is 3.77. The molecule has 1 aromatic heterocycles. The number of aromatic nitrogens is 1. The lowest BCUT2D eigenvalue weighted by Crippen LogP contribution is -2.58. The Morgan fingerprint density at radius 1 is 1.41 bits per heavy atom. The van der Waals surface area contributed by atoms with E-state index in [9.17, 15) is 28.4 Å². The SMILES string of the molecule is CC(C)C[C@@H](NC(=O)CNC(=O)[C@@H]1CCN1c1ncc(F)cc1F)B(O)O. The Kier molecular flexibility index (Phi) is 7.08. The molecule has 1 fully saturated rings. The molecule has 0 bridgehead atoms. The molecule has 0 aliphatic carbocycles.